The zero-order chi connectivity index (χ0) is 15.4. The van der Waals surface area contributed by atoms with E-state index in [2.05, 4.69) is 21.2 Å². The Morgan fingerprint density at radius 1 is 1.00 bits per heavy atom. The third-order valence-corrected chi connectivity index (χ3v) is 3.53. The summed E-state index contributed by atoms with van der Waals surface area (Å²) in [6.07, 6.45) is -1.61. The third kappa shape index (κ3) is 4.14. The Kier molecular flexibility index (Phi) is 5.12. The van der Waals surface area contributed by atoms with E-state index < -0.39 is 17.9 Å². The van der Waals surface area contributed by atoms with Gasteiger partial charge in [0.25, 0.3) is 5.91 Å². The van der Waals surface area contributed by atoms with E-state index in [-0.39, 0.29) is 5.56 Å². The molecule has 4 nitrogen and oxygen atoms in total. The molecule has 0 aromatic heterocycles. The minimum Gasteiger partial charge on any atom is -0.367 e. The van der Waals surface area contributed by atoms with Gasteiger partial charge in [-0.1, -0.05) is 27.5 Å². The average Bonchev–Trinajstić information content (AvgIpc) is 2.47. The van der Waals surface area contributed by atoms with Crippen LogP contribution in [0.1, 0.15) is 20.7 Å². The Hall–Kier alpha value is -1.69. The van der Waals surface area contributed by atoms with Gasteiger partial charge in [-0.25, -0.2) is 0 Å². The Morgan fingerprint density at radius 3 is 2.10 bits per heavy atom. The molecule has 2 N–H and O–H groups in total. The van der Waals surface area contributed by atoms with Gasteiger partial charge in [-0.15, -0.1) is 0 Å². The monoisotopic (exact) mass is 367 g/mol. The summed E-state index contributed by atoms with van der Waals surface area (Å²) in [4.78, 5) is 23.9. The number of hydrogen-bond acceptors (Lipinski definition) is 3. The first-order valence-electron chi connectivity index (χ1n) is 6.01. The predicted octanol–water partition coefficient (Wildman–Crippen LogP) is 3.03. The fraction of sp³-hybridized carbons (Fsp3) is 0.0667. The standard InChI is InChI=1S/C15H11BrClNO3/c16-11-5-1-10(2-6-11)14(20)18-15(21)13(19)9-3-7-12(17)8-4-9/h1-8,15,21H,(H,18,20). The highest BCUT2D eigenvalue weighted by Gasteiger charge is 2.19. The smallest absolute Gasteiger partial charge is 0.253 e. The van der Waals surface area contributed by atoms with E-state index in [9.17, 15) is 14.7 Å². The molecule has 2 aromatic carbocycles. The van der Waals surface area contributed by atoms with Crippen molar-refractivity contribution in [2.75, 3.05) is 0 Å². The van der Waals surface area contributed by atoms with E-state index >= 15 is 0 Å². The largest absolute Gasteiger partial charge is 0.367 e. The summed E-state index contributed by atoms with van der Waals surface area (Å²) in [6.45, 7) is 0. The molecule has 1 atom stereocenters. The number of nitrogens with one attached hydrogen (secondary N) is 1. The lowest BCUT2D eigenvalue weighted by atomic mass is 10.1. The topological polar surface area (TPSA) is 66.4 Å². The van der Waals surface area contributed by atoms with Crippen molar-refractivity contribution >= 4 is 39.2 Å². The molecule has 108 valence electrons. The Morgan fingerprint density at radius 2 is 1.52 bits per heavy atom. The first-order valence-corrected chi connectivity index (χ1v) is 7.19. The van der Waals surface area contributed by atoms with Crippen LogP contribution < -0.4 is 5.32 Å². The summed E-state index contributed by atoms with van der Waals surface area (Å²) in [7, 11) is 0. The molecular weight excluding hydrogens is 358 g/mol. The van der Waals surface area contributed by atoms with Crippen molar-refractivity contribution in [3.63, 3.8) is 0 Å². The van der Waals surface area contributed by atoms with Crippen LogP contribution in [0.4, 0.5) is 0 Å². The van der Waals surface area contributed by atoms with Crippen molar-refractivity contribution in [2.24, 2.45) is 0 Å². The molecule has 0 radical (unpaired) electrons. The number of aliphatic hydroxyl groups is 1. The molecule has 0 aliphatic rings. The molecule has 0 saturated carbocycles. The normalized spacial score (nSPS) is 11.8. The Bertz CT molecular complexity index is 656. The predicted molar refractivity (Wildman–Crippen MR) is 83.4 cm³/mol. The number of hydrogen-bond donors (Lipinski definition) is 2. The molecule has 0 saturated heterocycles. The van der Waals surface area contributed by atoms with Gasteiger partial charge in [0, 0.05) is 20.6 Å². The van der Waals surface area contributed by atoms with Gasteiger partial charge < -0.3 is 10.4 Å². The van der Waals surface area contributed by atoms with Gasteiger partial charge in [-0.2, -0.15) is 0 Å². The maximum absolute atomic E-state index is 12.0. The van der Waals surface area contributed by atoms with Gasteiger partial charge in [0.1, 0.15) is 0 Å². The van der Waals surface area contributed by atoms with Crippen LogP contribution in [0.15, 0.2) is 53.0 Å². The molecule has 1 amide bonds. The minimum atomic E-state index is -1.61. The van der Waals surface area contributed by atoms with E-state index in [1.54, 1.807) is 24.3 Å². The maximum atomic E-state index is 12.0. The molecule has 0 aliphatic carbocycles. The van der Waals surface area contributed by atoms with E-state index in [1.165, 1.54) is 24.3 Å². The fourth-order valence-corrected chi connectivity index (χ4v) is 2.04. The van der Waals surface area contributed by atoms with Crippen molar-refractivity contribution in [3.05, 3.63) is 69.2 Å². The number of halogens is 2. The van der Waals surface area contributed by atoms with Crippen LogP contribution in [0, 0.1) is 0 Å². The quantitative estimate of drug-likeness (QED) is 0.644. The fourth-order valence-electron chi connectivity index (χ4n) is 1.65. The van der Waals surface area contributed by atoms with Crippen LogP contribution in [0.5, 0.6) is 0 Å². The van der Waals surface area contributed by atoms with Crippen LogP contribution in [-0.4, -0.2) is 23.0 Å². The number of Topliss-reactive ketones (excluding diaryl/α,β-unsaturated/α-hetero) is 1. The highest BCUT2D eigenvalue weighted by Crippen LogP contribution is 2.12. The second kappa shape index (κ2) is 6.85. The molecule has 21 heavy (non-hydrogen) atoms. The van der Waals surface area contributed by atoms with Crippen molar-refractivity contribution in [1.29, 1.82) is 0 Å². The highest BCUT2D eigenvalue weighted by molar-refractivity contribution is 9.10. The van der Waals surface area contributed by atoms with E-state index in [1.807, 2.05) is 0 Å². The molecular formula is C15H11BrClNO3. The highest BCUT2D eigenvalue weighted by atomic mass is 79.9. The van der Waals surface area contributed by atoms with Crippen LogP contribution >= 0.6 is 27.5 Å². The molecule has 0 fully saturated rings. The molecule has 0 aliphatic heterocycles. The molecule has 2 aromatic rings. The van der Waals surface area contributed by atoms with Crippen LogP contribution in [-0.2, 0) is 0 Å². The molecule has 0 heterocycles. The molecule has 2 rings (SSSR count). The number of benzene rings is 2. The lowest BCUT2D eigenvalue weighted by molar-refractivity contribution is 0.0607. The zero-order valence-electron chi connectivity index (χ0n) is 10.7. The summed E-state index contributed by atoms with van der Waals surface area (Å²) in [5.74, 6) is -1.13. The zero-order valence-corrected chi connectivity index (χ0v) is 13.1. The van der Waals surface area contributed by atoms with Crippen molar-refractivity contribution in [3.8, 4) is 0 Å². The molecule has 1 unspecified atom stereocenters. The SMILES string of the molecule is O=C(NC(O)C(=O)c1ccc(Cl)cc1)c1ccc(Br)cc1. The second-order valence-electron chi connectivity index (χ2n) is 4.25. The van der Waals surface area contributed by atoms with Gasteiger partial charge in [0.05, 0.1) is 0 Å². The first-order chi connectivity index (χ1) is 9.97. The van der Waals surface area contributed by atoms with Gasteiger partial charge in [-0.05, 0) is 48.5 Å². The van der Waals surface area contributed by atoms with Gasteiger partial charge in [0.15, 0.2) is 6.23 Å². The number of carbonyl (C=O) groups is 2. The lowest BCUT2D eigenvalue weighted by Crippen LogP contribution is -2.40. The Balaban J connectivity index is 2.05. The summed E-state index contributed by atoms with van der Waals surface area (Å²) in [5, 5.41) is 12.5. The number of ketones is 1. The summed E-state index contributed by atoms with van der Waals surface area (Å²) >= 11 is 8.98. The molecule has 0 bridgehead atoms. The van der Waals surface area contributed by atoms with Gasteiger partial charge in [0.2, 0.25) is 5.78 Å². The van der Waals surface area contributed by atoms with Gasteiger partial charge >= 0.3 is 0 Å². The van der Waals surface area contributed by atoms with Crippen LogP contribution in [0.25, 0.3) is 0 Å². The van der Waals surface area contributed by atoms with Crippen molar-refractivity contribution in [2.45, 2.75) is 6.23 Å². The number of amides is 1. The maximum Gasteiger partial charge on any atom is 0.253 e. The Labute approximate surface area is 134 Å². The van der Waals surface area contributed by atoms with E-state index in [4.69, 9.17) is 11.6 Å². The number of rotatable bonds is 4. The lowest BCUT2D eigenvalue weighted by Gasteiger charge is -2.12. The summed E-state index contributed by atoms with van der Waals surface area (Å²) in [5.41, 5.74) is 0.615. The summed E-state index contributed by atoms with van der Waals surface area (Å²) in [6, 6.07) is 12.6. The van der Waals surface area contributed by atoms with Crippen LogP contribution in [0.2, 0.25) is 5.02 Å². The van der Waals surface area contributed by atoms with Crippen molar-refractivity contribution < 1.29 is 14.7 Å². The summed E-state index contributed by atoms with van der Waals surface area (Å²) < 4.78 is 0.830. The molecule has 0 spiro atoms. The number of aliphatic hydroxyl groups excluding tert-OH is 1. The molecule has 6 heteroatoms. The average molecular weight is 369 g/mol. The number of carbonyl (C=O) groups excluding carboxylic acids is 2. The van der Waals surface area contributed by atoms with Crippen LogP contribution in [0.3, 0.4) is 0 Å². The first kappa shape index (κ1) is 15.7. The van der Waals surface area contributed by atoms with Gasteiger partial charge in [-0.3, -0.25) is 9.59 Å². The minimum absolute atomic E-state index is 0.267. The second-order valence-corrected chi connectivity index (χ2v) is 5.61. The van der Waals surface area contributed by atoms with E-state index in [0.29, 0.717) is 10.6 Å². The van der Waals surface area contributed by atoms with E-state index in [0.717, 1.165) is 4.47 Å². The third-order valence-electron chi connectivity index (χ3n) is 2.75. The van der Waals surface area contributed by atoms with Crippen molar-refractivity contribution in [1.82, 2.24) is 5.32 Å².